The Kier molecular flexibility index (Phi) is 7.08. The molecule has 12 heteroatoms. The number of hydrogen-bond donors (Lipinski definition) is 1. The molecule has 2 amide bonds. The number of aliphatic carboxylic acids is 1. The molecule has 0 aliphatic carbocycles. The van der Waals surface area contributed by atoms with Crippen LogP contribution in [0.15, 0.2) is 47.4 Å². The maximum absolute atomic E-state index is 12.8. The van der Waals surface area contributed by atoms with Gasteiger partial charge in [-0.3, -0.25) is 29.4 Å². The fourth-order valence-electron chi connectivity index (χ4n) is 2.88. The Morgan fingerprint density at radius 2 is 1.88 bits per heavy atom. The number of ether oxygens (including phenoxy) is 2. The standard InChI is InChI=1S/C21H16N2O9S/c1-31-16-4-2-3-13(19(16)32-11-18(25)26)9-17-20(27)22(21(28)33-17)10-15(24)12-5-7-14(8-6-12)23(29)30/h2-9H,10-11H2,1H3,(H,25,26)/b17-9+. The minimum Gasteiger partial charge on any atom is -0.493 e. The molecule has 1 fully saturated rings. The number of methoxy groups -OCH3 is 1. The van der Waals surface area contributed by atoms with Crippen molar-refractivity contribution in [3.63, 3.8) is 0 Å². The first kappa shape index (κ1) is 23.5. The lowest BCUT2D eigenvalue weighted by atomic mass is 10.1. The van der Waals surface area contributed by atoms with Crippen LogP contribution in [0.3, 0.4) is 0 Å². The molecule has 170 valence electrons. The van der Waals surface area contributed by atoms with Crippen molar-refractivity contribution in [2.75, 3.05) is 20.3 Å². The third kappa shape index (κ3) is 5.36. The van der Waals surface area contributed by atoms with Crippen molar-refractivity contribution in [2.45, 2.75) is 0 Å². The Hall–Kier alpha value is -4.19. The fraction of sp³-hybridized carbons (Fsp3) is 0.143. The van der Waals surface area contributed by atoms with Gasteiger partial charge in [0.15, 0.2) is 23.9 Å². The van der Waals surface area contributed by atoms with Gasteiger partial charge in [0.25, 0.3) is 16.8 Å². The third-order valence-electron chi connectivity index (χ3n) is 4.43. The molecule has 0 aromatic heterocycles. The number of nitrogens with zero attached hydrogens (tertiary/aromatic N) is 2. The number of hydrogen-bond acceptors (Lipinski definition) is 9. The maximum Gasteiger partial charge on any atom is 0.341 e. The number of amides is 2. The molecule has 0 spiro atoms. The number of imide groups is 1. The highest BCUT2D eigenvalue weighted by molar-refractivity contribution is 8.18. The van der Waals surface area contributed by atoms with Crippen LogP contribution in [0.4, 0.5) is 10.5 Å². The van der Waals surface area contributed by atoms with E-state index in [1.807, 2.05) is 0 Å². The van der Waals surface area contributed by atoms with Gasteiger partial charge < -0.3 is 14.6 Å². The summed E-state index contributed by atoms with van der Waals surface area (Å²) in [6.45, 7) is -1.19. The van der Waals surface area contributed by atoms with Crippen LogP contribution in [0.5, 0.6) is 11.5 Å². The molecule has 0 bridgehead atoms. The summed E-state index contributed by atoms with van der Waals surface area (Å²) in [5, 5.41) is 19.0. The van der Waals surface area contributed by atoms with E-state index in [4.69, 9.17) is 14.6 Å². The van der Waals surface area contributed by atoms with Gasteiger partial charge in [0.2, 0.25) is 0 Å². The monoisotopic (exact) mass is 472 g/mol. The molecule has 1 aliphatic heterocycles. The number of ketones is 1. The summed E-state index contributed by atoms with van der Waals surface area (Å²) in [5.41, 5.74) is 0.225. The summed E-state index contributed by atoms with van der Waals surface area (Å²) < 4.78 is 10.5. The summed E-state index contributed by atoms with van der Waals surface area (Å²) in [4.78, 5) is 59.4. The van der Waals surface area contributed by atoms with Crippen LogP contribution >= 0.6 is 11.8 Å². The van der Waals surface area contributed by atoms with Crippen LogP contribution in [-0.4, -0.2) is 58.1 Å². The van der Waals surface area contributed by atoms with Gasteiger partial charge in [0.1, 0.15) is 0 Å². The number of carboxylic acids is 1. The van der Waals surface area contributed by atoms with Crippen molar-refractivity contribution < 1.29 is 38.7 Å². The van der Waals surface area contributed by atoms with Gasteiger partial charge in [-0.05, 0) is 36.0 Å². The van der Waals surface area contributed by atoms with E-state index in [-0.39, 0.29) is 27.7 Å². The van der Waals surface area contributed by atoms with Gasteiger partial charge in [-0.2, -0.15) is 0 Å². The molecule has 0 atom stereocenters. The predicted octanol–water partition coefficient (Wildman–Crippen LogP) is 2.99. The minimum atomic E-state index is -1.21. The largest absolute Gasteiger partial charge is 0.493 e. The van der Waals surface area contributed by atoms with Gasteiger partial charge in [0.05, 0.1) is 23.5 Å². The maximum atomic E-state index is 12.8. The van der Waals surface area contributed by atoms with Crippen molar-refractivity contribution in [3.8, 4) is 11.5 Å². The number of para-hydroxylation sites is 1. The van der Waals surface area contributed by atoms with Crippen molar-refractivity contribution in [1.29, 1.82) is 0 Å². The molecule has 1 heterocycles. The first-order valence-electron chi connectivity index (χ1n) is 9.26. The highest BCUT2D eigenvalue weighted by Crippen LogP contribution is 2.37. The topological polar surface area (TPSA) is 153 Å². The summed E-state index contributed by atoms with van der Waals surface area (Å²) >= 11 is 0.611. The smallest absolute Gasteiger partial charge is 0.341 e. The second-order valence-corrected chi connectivity index (χ2v) is 7.55. The van der Waals surface area contributed by atoms with Crippen molar-refractivity contribution in [1.82, 2.24) is 4.90 Å². The minimum absolute atomic E-state index is 0.00456. The van der Waals surface area contributed by atoms with Gasteiger partial charge in [-0.25, -0.2) is 4.79 Å². The molecule has 0 saturated carbocycles. The number of Topliss-reactive ketones (excluding diaryl/α,β-unsaturated/α-hetero) is 1. The average Bonchev–Trinajstić information content (AvgIpc) is 3.05. The van der Waals surface area contributed by atoms with Gasteiger partial charge in [0, 0.05) is 23.3 Å². The molecule has 33 heavy (non-hydrogen) atoms. The number of carbonyl (C=O) groups excluding carboxylic acids is 3. The van der Waals surface area contributed by atoms with E-state index in [9.17, 15) is 29.3 Å². The molecule has 3 rings (SSSR count). The number of nitro groups is 1. The normalized spacial score (nSPS) is 14.5. The Morgan fingerprint density at radius 1 is 1.18 bits per heavy atom. The van der Waals surface area contributed by atoms with E-state index in [0.29, 0.717) is 17.3 Å². The molecule has 2 aromatic rings. The highest BCUT2D eigenvalue weighted by Gasteiger charge is 2.36. The van der Waals surface area contributed by atoms with Crippen LogP contribution < -0.4 is 9.47 Å². The van der Waals surface area contributed by atoms with E-state index in [2.05, 4.69) is 0 Å². The number of carbonyl (C=O) groups is 4. The van der Waals surface area contributed by atoms with E-state index in [1.165, 1.54) is 25.3 Å². The lowest BCUT2D eigenvalue weighted by Gasteiger charge is -2.13. The number of benzene rings is 2. The highest BCUT2D eigenvalue weighted by atomic mass is 32.2. The van der Waals surface area contributed by atoms with Crippen LogP contribution in [-0.2, 0) is 9.59 Å². The second kappa shape index (κ2) is 9.96. The van der Waals surface area contributed by atoms with E-state index in [1.54, 1.807) is 18.2 Å². The molecule has 0 radical (unpaired) electrons. The molecule has 0 unspecified atom stereocenters. The summed E-state index contributed by atoms with van der Waals surface area (Å²) in [6, 6.07) is 9.50. The van der Waals surface area contributed by atoms with Gasteiger partial charge in [-0.15, -0.1) is 0 Å². The SMILES string of the molecule is COc1cccc(/C=C2/SC(=O)N(CC(=O)c3ccc([N+](=O)[O-])cc3)C2=O)c1OCC(=O)O. The van der Waals surface area contributed by atoms with Gasteiger partial charge >= 0.3 is 5.97 Å². The molecule has 1 saturated heterocycles. The quantitative estimate of drug-likeness (QED) is 0.249. The fourth-order valence-corrected chi connectivity index (χ4v) is 3.71. The first-order valence-corrected chi connectivity index (χ1v) is 10.1. The van der Waals surface area contributed by atoms with E-state index in [0.717, 1.165) is 17.0 Å². The van der Waals surface area contributed by atoms with Crippen LogP contribution in [0.25, 0.3) is 6.08 Å². The second-order valence-electron chi connectivity index (χ2n) is 6.56. The zero-order valence-electron chi connectivity index (χ0n) is 17.0. The zero-order valence-corrected chi connectivity index (χ0v) is 17.9. The number of thioether (sulfide) groups is 1. The molecular weight excluding hydrogens is 456 g/mol. The van der Waals surface area contributed by atoms with Crippen molar-refractivity contribution in [2.24, 2.45) is 0 Å². The molecular formula is C21H16N2O9S. The first-order chi connectivity index (χ1) is 15.7. The Bertz CT molecular complexity index is 1170. The number of rotatable bonds is 9. The van der Waals surface area contributed by atoms with Crippen LogP contribution in [0.2, 0.25) is 0 Å². The number of nitro benzene ring substituents is 1. The summed E-state index contributed by atoms with van der Waals surface area (Å²) in [5.74, 6) is -2.18. The summed E-state index contributed by atoms with van der Waals surface area (Å²) in [6.07, 6.45) is 1.35. The number of non-ortho nitro benzene ring substituents is 1. The lowest BCUT2D eigenvalue weighted by molar-refractivity contribution is -0.384. The zero-order chi connectivity index (χ0) is 24.1. The average molecular weight is 472 g/mol. The van der Waals surface area contributed by atoms with Crippen LogP contribution in [0.1, 0.15) is 15.9 Å². The van der Waals surface area contributed by atoms with Crippen molar-refractivity contribution >= 4 is 46.4 Å². The number of carboxylic acid groups (broad SMARTS) is 1. The lowest BCUT2D eigenvalue weighted by Crippen LogP contribution is -2.33. The molecule has 11 nitrogen and oxygen atoms in total. The Balaban J connectivity index is 1.82. The van der Waals surface area contributed by atoms with Crippen LogP contribution in [0, 0.1) is 10.1 Å². The third-order valence-corrected chi connectivity index (χ3v) is 5.34. The predicted molar refractivity (Wildman–Crippen MR) is 116 cm³/mol. The van der Waals surface area contributed by atoms with E-state index >= 15 is 0 Å². The molecule has 1 N–H and O–H groups in total. The Labute approximate surface area is 190 Å². The van der Waals surface area contributed by atoms with Gasteiger partial charge in [-0.1, -0.05) is 12.1 Å². The molecule has 1 aliphatic rings. The van der Waals surface area contributed by atoms with E-state index < -0.39 is 41.0 Å². The molecule has 2 aromatic carbocycles. The summed E-state index contributed by atoms with van der Waals surface area (Å²) in [7, 11) is 1.37. The Morgan fingerprint density at radius 3 is 2.48 bits per heavy atom. The van der Waals surface area contributed by atoms with Crippen molar-refractivity contribution in [3.05, 3.63) is 68.6 Å².